The Morgan fingerprint density at radius 1 is 1.29 bits per heavy atom. The number of pyridine rings is 1. The van der Waals surface area contributed by atoms with E-state index in [2.05, 4.69) is 23.1 Å². The van der Waals surface area contributed by atoms with Gasteiger partial charge in [-0.25, -0.2) is 4.98 Å². The number of ether oxygens (including phenoxy) is 1. The third-order valence-corrected chi connectivity index (χ3v) is 4.56. The second-order valence-electron chi connectivity index (χ2n) is 5.68. The van der Waals surface area contributed by atoms with Crippen LogP contribution in [0.25, 0.3) is 10.9 Å². The van der Waals surface area contributed by atoms with Crippen molar-refractivity contribution in [2.45, 2.75) is 18.7 Å². The molecule has 3 rings (SSSR count). The maximum atomic E-state index is 6.12. The number of fused-ring (bicyclic) bond motifs is 1. The Bertz CT molecular complexity index is 609. The quantitative estimate of drug-likeness (QED) is 0.803. The van der Waals surface area contributed by atoms with Gasteiger partial charge in [0.15, 0.2) is 0 Å². The first-order chi connectivity index (χ1) is 10.3. The number of hydrogen-bond acceptors (Lipinski definition) is 3. The number of anilines is 1. The Morgan fingerprint density at radius 3 is 2.76 bits per heavy atom. The Kier molecular flexibility index (Phi) is 4.61. The van der Waals surface area contributed by atoms with Crippen molar-refractivity contribution in [1.29, 1.82) is 0 Å². The lowest BCUT2D eigenvalue weighted by atomic mass is 9.97. The van der Waals surface area contributed by atoms with E-state index < -0.39 is 0 Å². The molecule has 4 heteroatoms. The molecule has 0 N–H and O–H groups in total. The summed E-state index contributed by atoms with van der Waals surface area (Å²) in [5.74, 6) is 2.26. The molecule has 0 bridgehead atoms. The predicted octanol–water partition coefficient (Wildman–Crippen LogP) is 3.84. The van der Waals surface area contributed by atoms with E-state index in [9.17, 15) is 0 Å². The third kappa shape index (κ3) is 3.14. The van der Waals surface area contributed by atoms with Crippen molar-refractivity contribution in [1.82, 2.24) is 4.98 Å². The zero-order valence-electron chi connectivity index (χ0n) is 12.4. The number of nitrogens with zero attached hydrogens (tertiary/aromatic N) is 2. The van der Waals surface area contributed by atoms with Gasteiger partial charge in [-0.1, -0.05) is 18.2 Å². The number of aromatic nitrogens is 1. The summed E-state index contributed by atoms with van der Waals surface area (Å²) in [5.41, 5.74) is 2.20. The molecule has 1 saturated heterocycles. The number of benzene rings is 1. The lowest BCUT2D eigenvalue weighted by Crippen LogP contribution is -2.35. The molecule has 0 aliphatic carbocycles. The summed E-state index contributed by atoms with van der Waals surface area (Å²) >= 11 is 6.12. The summed E-state index contributed by atoms with van der Waals surface area (Å²) in [5, 5.41) is 1.16. The monoisotopic (exact) mass is 304 g/mol. The van der Waals surface area contributed by atoms with E-state index in [1.165, 1.54) is 12.8 Å². The van der Waals surface area contributed by atoms with E-state index in [-0.39, 0.29) is 0 Å². The number of piperidine rings is 1. The highest BCUT2D eigenvalue weighted by Gasteiger charge is 2.20. The fourth-order valence-corrected chi connectivity index (χ4v) is 3.29. The zero-order valence-corrected chi connectivity index (χ0v) is 13.1. The van der Waals surface area contributed by atoms with E-state index in [0.717, 1.165) is 42.0 Å². The van der Waals surface area contributed by atoms with Crippen LogP contribution in [-0.2, 0) is 10.6 Å². The summed E-state index contributed by atoms with van der Waals surface area (Å²) in [6.07, 6.45) is 2.33. The highest BCUT2D eigenvalue weighted by Crippen LogP contribution is 2.27. The molecule has 2 heterocycles. The van der Waals surface area contributed by atoms with Gasteiger partial charge < -0.3 is 9.64 Å². The predicted molar refractivity (Wildman–Crippen MR) is 88.1 cm³/mol. The van der Waals surface area contributed by atoms with Gasteiger partial charge in [-0.15, -0.1) is 11.6 Å². The molecule has 21 heavy (non-hydrogen) atoms. The largest absolute Gasteiger partial charge is 0.384 e. The van der Waals surface area contributed by atoms with Crippen LogP contribution in [0.1, 0.15) is 18.4 Å². The van der Waals surface area contributed by atoms with Gasteiger partial charge in [-0.2, -0.15) is 0 Å². The summed E-state index contributed by atoms with van der Waals surface area (Å²) in [6.45, 7) is 2.95. The standard InChI is InChI=1S/C17H21ClN2O/c1-21-12-13-6-8-20(9-7-13)17-10-14(11-18)15-4-2-3-5-16(15)19-17/h2-5,10,13H,6-9,11-12H2,1H3. The number of halogens is 1. The first kappa shape index (κ1) is 14.6. The van der Waals surface area contributed by atoms with Gasteiger partial charge in [-0.05, 0) is 36.5 Å². The fourth-order valence-electron chi connectivity index (χ4n) is 3.07. The highest BCUT2D eigenvalue weighted by molar-refractivity contribution is 6.18. The van der Waals surface area contributed by atoms with Crippen molar-refractivity contribution in [2.24, 2.45) is 5.92 Å². The average molecular weight is 305 g/mol. The Morgan fingerprint density at radius 2 is 2.05 bits per heavy atom. The minimum Gasteiger partial charge on any atom is -0.384 e. The summed E-state index contributed by atoms with van der Waals surface area (Å²) in [7, 11) is 1.78. The topological polar surface area (TPSA) is 25.4 Å². The average Bonchev–Trinajstić information content (AvgIpc) is 2.55. The van der Waals surface area contributed by atoms with Gasteiger partial charge >= 0.3 is 0 Å². The van der Waals surface area contributed by atoms with Crippen LogP contribution in [0.4, 0.5) is 5.82 Å². The highest BCUT2D eigenvalue weighted by atomic mass is 35.5. The van der Waals surface area contributed by atoms with Crippen LogP contribution in [0.15, 0.2) is 30.3 Å². The van der Waals surface area contributed by atoms with Crippen LogP contribution in [0.3, 0.4) is 0 Å². The van der Waals surface area contributed by atoms with E-state index in [4.69, 9.17) is 21.3 Å². The molecule has 0 unspecified atom stereocenters. The summed E-state index contributed by atoms with van der Waals surface area (Å²) in [4.78, 5) is 7.18. The van der Waals surface area contributed by atoms with Gasteiger partial charge in [0.1, 0.15) is 5.82 Å². The van der Waals surface area contributed by atoms with Crippen LogP contribution in [-0.4, -0.2) is 31.8 Å². The smallest absolute Gasteiger partial charge is 0.129 e. The van der Waals surface area contributed by atoms with Crippen molar-refractivity contribution in [3.8, 4) is 0 Å². The number of alkyl halides is 1. The van der Waals surface area contributed by atoms with Gasteiger partial charge in [-0.3, -0.25) is 0 Å². The van der Waals surface area contributed by atoms with Crippen molar-refractivity contribution < 1.29 is 4.74 Å². The molecule has 1 aliphatic heterocycles. The third-order valence-electron chi connectivity index (χ3n) is 4.27. The van der Waals surface area contributed by atoms with Crippen molar-refractivity contribution in [3.63, 3.8) is 0 Å². The van der Waals surface area contributed by atoms with Gasteiger partial charge in [0, 0.05) is 38.1 Å². The van der Waals surface area contributed by atoms with E-state index in [1.807, 2.05) is 12.1 Å². The maximum absolute atomic E-state index is 6.12. The Hall–Kier alpha value is -1.32. The van der Waals surface area contributed by atoms with Gasteiger partial charge in [0.25, 0.3) is 0 Å². The van der Waals surface area contributed by atoms with E-state index in [0.29, 0.717) is 11.8 Å². The molecule has 1 aromatic carbocycles. The minimum absolute atomic E-state index is 0.524. The van der Waals surface area contributed by atoms with Crippen LogP contribution < -0.4 is 4.90 Å². The molecule has 0 amide bonds. The second kappa shape index (κ2) is 6.63. The zero-order chi connectivity index (χ0) is 14.7. The van der Waals surface area contributed by atoms with Crippen LogP contribution in [0.2, 0.25) is 0 Å². The molecule has 1 fully saturated rings. The van der Waals surface area contributed by atoms with E-state index in [1.54, 1.807) is 7.11 Å². The molecule has 1 aromatic heterocycles. The molecule has 0 saturated carbocycles. The van der Waals surface area contributed by atoms with Crippen molar-refractivity contribution in [2.75, 3.05) is 31.7 Å². The molecule has 3 nitrogen and oxygen atoms in total. The molecular weight excluding hydrogens is 284 g/mol. The first-order valence-electron chi connectivity index (χ1n) is 7.50. The fraction of sp³-hybridized carbons (Fsp3) is 0.471. The Balaban J connectivity index is 1.84. The molecule has 0 spiro atoms. The summed E-state index contributed by atoms with van der Waals surface area (Å²) in [6, 6.07) is 10.4. The number of methoxy groups -OCH3 is 1. The summed E-state index contributed by atoms with van der Waals surface area (Å²) < 4.78 is 5.26. The lowest BCUT2D eigenvalue weighted by molar-refractivity contribution is 0.139. The second-order valence-corrected chi connectivity index (χ2v) is 5.94. The van der Waals surface area contributed by atoms with E-state index >= 15 is 0 Å². The number of para-hydroxylation sites is 1. The molecule has 2 aromatic rings. The number of hydrogen-bond donors (Lipinski definition) is 0. The molecule has 0 radical (unpaired) electrons. The Labute approximate surface area is 130 Å². The molecule has 1 aliphatic rings. The molecular formula is C17H21ClN2O. The number of rotatable bonds is 4. The molecule has 112 valence electrons. The van der Waals surface area contributed by atoms with Crippen LogP contribution in [0, 0.1) is 5.92 Å². The normalized spacial score (nSPS) is 16.6. The molecule has 0 atom stereocenters. The maximum Gasteiger partial charge on any atom is 0.129 e. The SMILES string of the molecule is COCC1CCN(c2cc(CCl)c3ccccc3n2)CC1. The van der Waals surface area contributed by atoms with Crippen LogP contribution >= 0.6 is 11.6 Å². The minimum atomic E-state index is 0.524. The van der Waals surface area contributed by atoms with Crippen molar-refractivity contribution >= 4 is 28.3 Å². The van der Waals surface area contributed by atoms with Gasteiger partial charge in [0.05, 0.1) is 5.52 Å². The van der Waals surface area contributed by atoms with Crippen LogP contribution in [0.5, 0.6) is 0 Å². The van der Waals surface area contributed by atoms with Crippen molar-refractivity contribution in [3.05, 3.63) is 35.9 Å². The van der Waals surface area contributed by atoms with Gasteiger partial charge in [0.2, 0.25) is 0 Å². The first-order valence-corrected chi connectivity index (χ1v) is 8.03. The lowest BCUT2D eigenvalue weighted by Gasteiger charge is -2.32.